The number of thiophene rings is 1. The lowest BCUT2D eigenvalue weighted by Crippen LogP contribution is -2.14. The molecule has 0 unspecified atom stereocenters. The van der Waals surface area contributed by atoms with E-state index in [4.69, 9.17) is 11.6 Å². The summed E-state index contributed by atoms with van der Waals surface area (Å²) in [5, 5.41) is 27.5. The normalized spacial score (nSPS) is 10.9. The topological polar surface area (TPSA) is 118 Å². The first-order valence-corrected chi connectivity index (χ1v) is 11.5. The molecule has 0 aliphatic heterocycles. The van der Waals surface area contributed by atoms with E-state index in [2.05, 4.69) is 15.3 Å². The number of anilines is 1. The molecule has 4 rings (SSSR count). The number of thioether (sulfide) groups is 1. The Bertz CT molecular complexity index is 1340. The van der Waals surface area contributed by atoms with Crippen LogP contribution in [0.15, 0.2) is 52.9 Å². The number of aromatic hydroxyl groups is 1. The van der Waals surface area contributed by atoms with Crippen LogP contribution in [0.1, 0.15) is 5.82 Å². The van der Waals surface area contributed by atoms with Crippen molar-refractivity contribution in [3.05, 3.63) is 68.8 Å². The second-order valence-corrected chi connectivity index (χ2v) is 8.97. The fraction of sp³-hybridized carbons (Fsp3) is 0.0952. The summed E-state index contributed by atoms with van der Waals surface area (Å²) in [5.41, 5.74) is 1.65. The van der Waals surface area contributed by atoms with Crippen molar-refractivity contribution in [3.8, 4) is 16.9 Å². The smallest absolute Gasteiger partial charge is 0.271 e. The molecule has 0 aliphatic rings. The van der Waals surface area contributed by atoms with E-state index in [1.807, 2.05) is 17.5 Å². The summed E-state index contributed by atoms with van der Waals surface area (Å²) in [5.74, 6) is -0.111. The first kappa shape index (κ1) is 22.0. The zero-order valence-electron chi connectivity index (χ0n) is 16.5. The van der Waals surface area contributed by atoms with E-state index in [1.54, 1.807) is 19.1 Å². The van der Waals surface area contributed by atoms with Crippen LogP contribution in [-0.2, 0) is 4.79 Å². The molecule has 4 aromatic rings. The third-order valence-corrected chi connectivity index (χ3v) is 6.57. The number of fused-ring (bicyclic) bond motifs is 1. The van der Waals surface area contributed by atoms with E-state index < -0.39 is 10.8 Å². The van der Waals surface area contributed by atoms with Gasteiger partial charge in [0.1, 0.15) is 21.4 Å². The van der Waals surface area contributed by atoms with Gasteiger partial charge in [-0.15, -0.1) is 11.3 Å². The number of hydrogen-bond donors (Lipinski definition) is 2. The number of carbonyl (C=O) groups is 1. The van der Waals surface area contributed by atoms with Crippen LogP contribution in [0.3, 0.4) is 0 Å². The molecular weight excluding hydrogens is 472 g/mol. The number of phenols is 1. The molecule has 0 saturated heterocycles. The van der Waals surface area contributed by atoms with Crippen LogP contribution in [0.4, 0.5) is 11.4 Å². The number of aromatic nitrogens is 2. The number of nitrogens with one attached hydrogen (secondary N) is 1. The van der Waals surface area contributed by atoms with Gasteiger partial charge in [-0.25, -0.2) is 9.97 Å². The third-order valence-electron chi connectivity index (χ3n) is 4.47. The van der Waals surface area contributed by atoms with Gasteiger partial charge in [0.2, 0.25) is 5.91 Å². The largest absolute Gasteiger partial charge is 0.506 e. The van der Waals surface area contributed by atoms with Gasteiger partial charge in [-0.05, 0) is 30.7 Å². The Kier molecular flexibility index (Phi) is 6.26. The monoisotopic (exact) mass is 486 g/mol. The number of benzene rings is 2. The van der Waals surface area contributed by atoms with Gasteiger partial charge in [0, 0.05) is 28.1 Å². The number of nitrogens with zero attached hydrogens (tertiary/aromatic N) is 3. The van der Waals surface area contributed by atoms with Crippen molar-refractivity contribution in [3.63, 3.8) is 0 Å². The van der Waals surface area contributed by atoms with E-state index in [9.17, 15) is 20.0 Å². The molecule has 0 atom stereocenters. The maximum atomic E-state index is 12.5. The van der Waals surface area contributed by atoms with Crippen molar-refractivity contribution in [1.82, 2.24) is 9.97 Å². The summed E-state index contributed by atoms with van der Waals surface area (Å²) in [4.78, 5) is 32.7. The lowest BCUT2D eigenvalue weighted by Gasteiger charge is -2.09. The number of nitro benzene ring substituents is 1. The molecule has 0 fully saturated rings. The van der Waals surface area contributed by atoms with Crippen LogP contribution in [-0.4, -0.2) is 31.7 Å². The van der Waals surface area contributed by atoms with Gasteiger partial charge in [-0.2, -0.15) is 0 Å². The molecule has 1 amide bonds. The van der Waals surface area contributed by atoms with Gasteiger partial charge in [-0.3, -0.25) is 14.9 Å². The molecule has 0 aliphatic carbocycles. The van der Waals surface area contributed by atoms with Gasteiger partial charge >= 0.3 is 0 Å². The van der Waals surface area contributed by atoms with Crippen LogP contribution in [0.2, 0.25) is 5.02 Å². The molecule has 11 heteroatoms. The quantitative estimate of drug-likeness (QED) is 0.118. The average molecular weight is 487 g/mol. The number of amides is 1. The highest BCUT2D eigenvalue weighted by Gasteiger charge is 2.17. The van der Waals surface area contributed by atoms with Crippen molar-refractivity contribution in [2.45, 2.75) is 11.9 Å². The molecule has 2 heterocycles. The number of phenolic OH excluding ortho intramolecular Hbond substituents is 1. The highest BCUT2D eigenvalue weighted by atomic mass is 35.5. The maximum Gasteiger partial charge on any atom is 0.271 e. The lowest BCUT2D eigenvalue weighted by molar-refractivity contribution is -0.384. The third kappa shape index (κ3) is 4.67. The number of non-ortho nitro benzene ring substituents is 1. The van der Waals surface area contributed by atoms with Crippen molar-refractivity contribution < 1.29 is 14.8 Å². The molecule has 0 radical (unpaired) electrons. The van der Waals surface area contributed by atoms with Gasteiger partial charge in [0.15, 0.2) is 0 Å². The Morgan fingerprint density at radius 3 is 2.72 bits per heavy atom. The average Bonchev–Trinajstić information content (AvgIpc) is 3.17. The van der Waals surface area contributed by atoms with Gasteiger partial charge in [0.05, 0.1) is 21.7 Å². The van der Waals surface area contributed by atoms with Crippen LogP contribution < -0.4 is 5.32 Å². The first-order valence-electron chi connectivity index (χ1n) is 9.23. The summed E-state index contributed by atoms with van der Waals surface area (Å²) < 4.78 is 0. The molecule has 0 saturated carbocycles. The molecule has 2 aromatic heterocycles. The van der Waals surface area contributed by atoms with Gasteiger partial charge in [0.25, 0.3) is 5.69 Å². The lowest BCUT2D eigenvalue weighted by atomic mass is 10.1. The fourth-order valence-electron chi connectivity index (χ4n) is 3.02. The Balaban J connectivity index is 1.59. The Morgan fingerprint density at radius 2 is 2.00 bits per heavy atom. The van der Waals surface area contributed by atoms with E-state index >= 15 is 0 Å². The van der Waals surface area contributed by atoms with Crippen molar-refractivity contribution >= 4 is 62.2 Å². The zero-order valence-corrected chi connectivity index (χ0v) is 18.9. The fourth-order valence-corrected chi connectivity index (χ4v) is 5.09. The summed E-state index contributed by atoms with van der Waals surface area (Å²) >= 11 is 8.72. The first-order chi connectivity index (χ1) is 15.3. The Morgan fingerprint density at radius 1 is 1.25 bits per heavy atom. The second-order valence-electron chi connectivity index (χ2n) is 6.71. The molecule has 32 heavy (non-hydrogen) atoms. The highest BCUT2D eigenvalue weighted by Crippen LogP contribution is 2.38. The van der Waals surface area contributed by atoms with Crippen LogP contribution in [0.25, 0.3) is 21.3 Å². The van der Waals surface area contributed by atoms with E-state index in [1.165, 1.54) is 29.2 Å². The van der Waals surface area contributed by atoms with Crippen molar-refractivity contribution in [2.24, 2.45) is 0 Å². The predicted octanol–water partition coefficient (Wildman–Crippen LogP) is 5.66. The summed E-state index contributed by atoms with van der Waals surface area (Å²) in [6.07, 6.45) is 0. The number of nitro groups is 1. The summed E-state index contributed by atoms with van der Waals surface area (Å²) in [6.45, 7) is 1.78. The van der Waals surface area contributed by atoms with Crippen molar-refractivity contribution in [1.29, 1.82) is 0 Å². The van der Waals surface area contributed by atoms with Crippen LogP contribution in [0, 0.1) is 17.0 Å². The van der Waals surface area contributed by atoms with Gasteiger partial charge < -0.3 is 10.4 Å². The highest BCUT2D eigenvalue weighted by molar-refractivity contribution is 8.00. The summed E-state index contributed by atoms with van der Waals surface area (Å²) in [6, 6.07) is 10.9. The number of carbonyl (C=O) groups excluding carboxylic acids is 1. The molecule has 2 aromatic carbocycles. The zero-order chi connectivity index (χ0) is 22.8. The second kappa shape index (κ2) is 9.11. The molecule has 8 nitrogen and oxygen atoms in total. The summed E-state index contributed by atoms with van der Waals surface area (Å²) in [7, 11) is 0. The molecule has 0 bridgehead atoms. The SMILES string of the molecule is Cc1nc(SCC(=O)Nc2cc([N+](=O)[O-])ccc2O)c2c(-c3ccc(Cl)cc3)csc2n1. The maximum absolute atomic E-state index is 12.5. The number of rotatable bonds is 6. The van der Waals surface area contributed by atoms with Gasteiger partial charge in [-0.1, -0.05) is 35.5 Å². The minimum atomic E-state index is -0.598. The number of halogens is 1. The van der Waals surface area contributed by atoms with Crippen LogP contribution in [0.5, 0.6) is 5.75 Å². The number of aryl methyl sites for hydroxylation is 1. The minimum absolute atomic E-state index is 0.0103. The Hall–Kier alpha value is -3.21. The molecule has 2 N–H and O–H groups in total. The minimum Gasteiger partial charge on any atom is -0.506 e. The van der Waals surface area contributed by atoms with E-state index in [0.29, 0.717) is 15.9 Å². The standard InChI is InChI=1S/C21H15ClN4O4S2/c1-11-23-20-19(15(9-31-20)12-2-4-13(22)5-3-12)21(24-11)32-10-18(28)25-16-8-14(26(29)30)6-7-17(16)27/h2-9,27H,10H2,1H3,(H,25,28). The molecular formula is C21H15ClN4O4S2. The Labute approximate surface area is 195 Å². The molecule has 162 valence electrons. The van der Waals surface area contributed by atoms with E-state index in [0.717, 1.165) is 33.5 Å². The van der Waals surface area contributed by atoms with Crippen molar-refractivity contribution in [2.75, 3.05) is 11.1 Å². The molecule has 0 spiro atoms. The number of hydrogen-bond acceptors (Lipinski definition) is 8. The predicted molar refractivity (Wildman–Crippen MR) is 127 cm³/mol. The van der Waals surface area contributed by atoms with E-state index in [-0.39, 0.29) is 22.9 Å². The van der Waals surface area contributed by atoms with Crippen LogP contribution >= 0.6 is 34.7 Å².